The smallest absolute Gasteiger partial charge is 0.145 e. The maximum atomic E-state index is 4.54. The Kier molecular flexibility index (Phi) is 1.86. The highest BCUT2D eigenvalue weighted by atomic mass is 32.1. The molecular weight excluding hydrogens is 264 g/mol. The molecular formula is C17H10N2S. The SMILES string of the molecule is c1ccc2c(c1)sc1c2c2ccccc2c2nccn21. The third-order valence-corrected chi connectivity index (χ3v) is 5.04. The maximum absolute atomic E-state index is 4.54. The van der Waals surface area contributed by atoms with Crippen LogP contribution in [0, 0.1) is 0 Å². The van der Waals surface area contributed by atoms with Gasteiger partial charge in [-0.05, 0) is 11.5 Å². The van der Waals surface area contributed by atoms with Gasteiger partial charge in [0.2, 0.25) is 0 Å². The summed E-state index contributed by atoms with van der Waals surface area (Å²) in [6.07, 6.45) is 3.94. The summed E-state index contributed by atoms with van der Waals surface area (Å²) in [4.78, 5) is 5.81. The molecule has 3 aromatic heterocycles. The predicted octanol–water partition coefficient (Wildman–Crippen LogP) is 4.86. The van der Waals surface area contributed by atoms with Crippen LogP contribution in [-0.2, 0) is 0 Å². The highest BCUT2D eigenvalue weighted by molar-refractivity contribution is 7.25. The van der Waals surface area contributed by atoms with Crippen LogP contribution >= 0.6 is 11.3 Å². The Morgan fingerprint density at radius 3 is 2.50 bits per heavy atom. The average molecular weight is 274 g/mol. The van der Waals surface area contributed by atoms with Gasteiger partial charge < -0.3 is 0 Å². The van der Waals surface area contributed by atoms with E-state index >= 15 is 0 Å². The number of hydrogen-bond acceptors (Lipinski definition) is 2. The highest BCUT2D eigenvalue weighted by Crippen LogP contribution is 2.39. The lowest BCUT2D eigenvalue weighted by Gasteiger charge is -2.04. The van der Waals surface area contributed by atoms with E-state index in [4.69, 9.17) is 0 Å². The van der Waals surface area contributed by atoms with E-state index in [1.54, 1.807) is 0 Å². The fourth-order valence-corrected chi connectivity index (χ4v) is 4.23. The van der Waals surface area contributed by atoms with Crippen molar-refractivity contribution in [3.8, 4) is 0 Å². The Labute approximate surface area is 118 Å². The van der Waals surface area contributed by atoms with E-state index in [-0.39, 0.29) is 0 Å². The molecule has 0 spiro atoms. The van der Waals surface area contributed by atoms with Crippen LogP contribution in [-0.4, -0.2) is 9.38 Å². The second-order valence-corrected chi connectivity index (χ2v) is 5.98. The van der Waals surface area contributed by atoms with Gasteiger partial charge in [-0.25, -0.2) is 4.98 Å². The van der Waals surface area contributed by atoms with Crippen LogP contribution in [0.4, 0.5) is 0 Å². The van der Waals surface area contributed by atoms with Crippen molar-refractivity contribution in [3.05, 3.63) is 60.9 Å². The number of rotatable bonds is 0. The molecule has 3 heterocycles. The summed E-state index contributed by atoms with van der Waals surface area (Å²) in [6, 6.07) is 17.2. The number of hydrogen-bond donors (Lipinski definition) is 0. The Hall–Kier alpha value is -2.39. The van der Waals surface area contributed by atoms with E-state index in [2.05, 4.69) is 64.1 Å². The van der Waals surface area contributed by atoms with Gasteiger partial charge in [-0.15, -0.1) is 11.3 Å². The minimum atomic E-state index is 1.04. The van der Waals surface area contributed by atoms with Crippen molar-refractivity contribution in [1.29, 1.82) is 0 Å². The van der Waals surface area contributed by atoms with Crippen LogP contribution in [0.25, 0.3) is 36.7 Å². The molecule has 3 heteroatoms. The van der Waals surface area contributed by atoms with Gasteiger partial charge in [-0.2, -0.15) is 0 Å². The fraction of sp³-hybridized carbons (Fsp3) is 0. The van der Waals surface area contributed by atoms with Gasteiger partial charge in [0.05, 0.1) is 0 Å². The summed E-state index contributed by atoms with van der Waals surface area (Å²) >= 11 is 1.83. The molecule has 0 saturated heterocycles. The molecule has 0 N–H and O–H groups in total. The van der Waals surface area contributed by atoms with Crippen LogP contribution in [0.1, 0.15) is 0 Å². The van der Waals surface area contributed by atoms with Crippen molar-refractivity contribution in [2.45, 2.75) is 0 Å². The van der Waals surface area contributed by atoms with Crippen molar-refractivity contribution < 1.29 is 0 Å². The quantitative estimate of drug-likeness (QED) is 0.394. The molecule has 2 aromatic carbocycles. The first-order chi connectivity index (χ1) is 9.93. The van der Waals surface area contributed by atoms with Crippen LogP contribution in [0.5, 0.6) is 0 Å². The van der Waals surface area contributed by atoms with Gasteiger partial charge in [0.1, 0.15) is 10.5 Å². The van der Waals surface area contributed by atoms with Crippen LogP contribution < -0.4 is 0 Å². The number of fused-ring (bicyclic) bond motifs is 8. The average Bonchev–Trinajstić information content (AvgIpc) is 3.12. The van der Waals surface area contributed by atoms with Crippen molar-refractivity contribution >= 4 is 48.1 Å². The van der Waals surface area contributed by atoms with E-state index in [9.17, 15) is 0 Å². The monoisotopic (exact) mass is 274 g/mol. The maximum Gasteiger partial charge on any atom is 0.145 e. The lowest BCUT2D eigenvalue weighted by Crippen LogP contribution is -1.86. The molecule has 0 aliphatic heterocycles. The van der Waals surface area contributed by atoms with E-state index in [1.807, 2.05) is 17.5 Å². The number of thiophene rings is 1. The molecule has 0 bridgehead atoms. The van der Waals surface area contributed by atoms with Crippen molar-refractivity contribution in [2.75, 3.05) is 0 Å². The zero-order valence-electron chi connectivity index (χ0n) is 10.6. The Morgan fingerprint density at radius 1 is 0.850 bits per heavy atom. The molecule has 0 fully saturated rings. The third kappa shape index (κ3) is 1.16. The molecule has 5 aromatic rings. The number of benzene rings is 2. The van der Waals surface area contributed by atoms with Gasteiger partial charge in [0, 0.05) is 33.3 Å². The first-order valence-electron chi connectivity index (χ1n) is 6.58. The topological polar surface area (TPSA) is 17.3 Å². The second kappa shape index (κ2) is 3.58. The zero-order chi connectivity index (χ0) is 13.1. The van der Waals surface area contributed by atoms with Crippen LogP contribution in [0.15, 0.2) is 60.9 Å². The summed E-state index contributed by atoms with van der Waals surface area (Å²) in [5, 5.41) is 5.18. The van der Waals surface area contributed by atoms with Crippen LogP contribution in [0.3, 0.4) is 0 Å². The van der Waals surface area contributed by atoms with E-state index < -0.39 is 0 Å². The normalized spacial score (nSPS) is 12.0. The predicted molar refractivity (Wildman–Crippen MR) is 85.6 cm³/mol. The highest BCUT2D eigenvalue weighted by Gasteiger charge is 2.13. The number of pyridine rings is 1. The number of imidazole rings is 1. The van der Waals surface area contributed by atoms with Gasteiger partial charge in [0.15, 0.2) is 0 Å². The Morgan fingerprint density at radius 2 is 1.60 bits per heavy atom. The molecule has 0 saturated carbocycles. The Bertz CT molecular complexity index is 1100. The van der Waals surface area contributed by atoms with Crippen LogP contribution in [0.2, 0.25) is 0 Å². The molecule has 20 heavy (non-hydrogen) atoms. The molecule has 0 atom stereocenters. The minimum Gasteiger partial charge on any atom is -0.290 e. The fourth-order valence-electron chi connectivity index (χ4n) is 3.03. The summed E-state index contributed by atoms with van der Waals surface area (Å²) in [5.74, 6) is 0. The van der Waals surface area contributed by atoms with Gasteiger partial charge in [-0.3, -0.25) is 4.40 Å². The third-order valence-electron chi connectivity index (χ3n) is 3.87. The van der Waals surface area contributed by atoms with E-state index in [0.717, 1.165) is 5.65 Å². The summed E-state index contributed by atoms with van der Waals surface area (Å²) in [7, 11) is 0. The van der Waals surface area contributed by atoms with Crippen molar-refractivity contribution in [2.24, 2.45) is 0 Å². The van der Waals surface area contributed by atoms with Gasteiger partial charge in [0.25, 0.3) is 0 Å². The summed E-state index contributed by atoms with van der Waals surface area (Å²) in [5.41, 5.74) is 1.04. The lowest BCUT2D eigenvalue weighted by atomic mass is 10.1. The number of aromatic nitrogens is 2. The van der Waals surface area contributed by atoms with Crippen molar-refractivity contribution in [1.82, 2.24) is 9.38 Å². The first kappa shape index (κ1) is 10.4. The van der Waals surface area contributed by atoms with Crippen molar-refractivity contribution in [3.63, 3.8) is 0 Å². The summed E-state index contributed by atoms with van der Waals surface area (Å²) < 4.78 is 3.54. The van der Waals surface area contributed by atoms with E-state index in [1.165, 1.54) is 31.1 Å². The lowest BCUT2D eigenvalue weighted by molar-refractivity contribution is 1.29. The van der Waals surface area contributed by atoms with Gasteiger partial charge >= 0.3 is 0 Å². The van der Waals surface area contributed by atoms with Gasteiger partial charge in [-0.1, -0.05) is 42.5 Å². The summed E-state index contributed by atoms with van der Waals surface area (Å²) in [6.45, 7) is 0. The second-order valence-electron chi connectivity index (χ2n) is 4.94. The molecule has 0 aliphatic rings. The number of nitrogens with zero attached hydrogens (tertiary/aromatic N) is 2. The molecule has 94 valence electrons. The molecule has 0 amide bonds. The largest absolute Gasteiger partial charge is 0.290 e. The molecule has 0 radical (unpaired) electrons. The Balaban J connectivity index is 2.27. The first-order valence-corrected chi connectivity index (χ1v) is 7.40. The molecule has 0 aliphatic carbocycles. The standard InChI is InChI=1S/C17H10N2S/c1-2-6-12-11(5-1)15-13-7-3-4-8-14(13)20-17(15)19-10-9-18-16(12)19/h1-10H. The zero-order valence-corrected chi connectivity index (χ0v) is 11.4. The molecule has 2 nitrogen and oxygen atoms in total. The molecule has 5 rings (SSSR count). The van der Waals surface area contributed by atoms with E-state index in [0.29, 0.717) is 0 Å². The minimum absolute atomic E-state index is 1.04. The molecule has 0 unspecified atom stereocenters.